The Balaban J connectivity index is 1.47. The fraction of sp³-hybridized carbons (Fsp3) is 0.250. The maximum absolute atomic E-state index is 12.9. The van der Waals surface area contributed by atoms with Crippen LogP contribution < -0.4 is 4.90 Å². The summed E-state index contributed by atoms with van der Waals surface area (Å²) in [5, 5.41) is 3.53. The molecule has 1 aromatic heterocycles. The van der Waals surface area contributed by atoms with Crippen molar-refractivity contribution >= 4 is 49.7 Å². The van der Waals surface area contributed by atoms with Crippen LogP contribution in [0.2, 0.25) is 10.0 Å². The Hall–Kier alpha value is -1.64. The second kappa shape index (κ2) is 8.24. The molecule has 2 heterocycles. The summed E-state index contributed by atoms with van der Waals surface area (Å²) < 4.78 is 27.3. The zero-order valence-electron chi connectivity index (χ0n) is 15.7. The number of hydrogen-bond acceptors (Lipinski definition) is 5. The number of sulfonamides is 1. The van der Waals surface area contributed by atoms with Crippen molar-refractivity contribution in [2.75, 3.05) is 31.1 Å². The molecule has 0 spiro atoms. The van der Waals surface area contributed by atoms with Gasteiger partial charge in [-0.05, 0) is 30.7 Å². The van der Waals surface area contributed by atoms with E-state index in [4.69, 9.17) is 28.2 Å². The van der Waals surface area contributed by atoms with Gasteiger partial charge in [0.05, 0.1) is 20.6 Å². The minimum atomic E-state index is -3.60. The van der Waals surface area contributed by atoms with E-state index in [0.29, 0.717) is 31.2 Å². The van der Waals surface area contributed by atoms with Crippen LogP contribution in [0, 0.1) is 6.92 Å². The summed E-state index contributed by atoms with van der Waals surface area (Å²) in [6.45, 7) is 4.02. The van der Waals surface area contributed by atoms with Crippen LogP contribution in [-0.4, -0.2) is 43.9 Å². The normalized spacial score (nSPS) is 15.6. The first-order valence-corrected chi connectivity index (χ1v) is 12.2. The average Bonchev–Trinajstić information content (AvgIpc) is 3.20. The molecular formula is C20H19Cl2N3O2S2. The Kier molecular flexibility index (Phi) is 5.86. The van der Waals surface area contributed by atoms with E-state index >= 15 is 0 Å². The number of rotatable bonds is 4. The Morgan fingerprint density at radius 2 is 1.72 bits per heavy atom. The molecule has 1 saturated heterocycles. The number of hydrogen-bond donors (Lipinski definition) is 0. The van der Waals surface area contributed by atoms with E-state index in [-0.39, 0.29) is 9.92 Å². The molecule has 5 nitrogen and oxygen atoms in total. The number of aryl methyl sites for hydroxylation is 1. The molecular weight excluding hydrogens is 449 g/mol. The number of piperazine rings is 1. The van der Waals surface area contributed by atoms with Gasteiger partial charge in [0.25, 0.3) is 0 Å². The van der Waals surface area contributed by atoms with Gasteiger partial charge in [0.2, 0.25) is 10.0 Å². The van der Waals surface area contributed by atoms with E-state index in [2.05, 4.69) is 29.3 Å². The summed E-state index contributed by atoms with van der Waals surface area (Å²) >= 11 is 13.5. The molecule has 1 aliphatic rings. The van der Waals surface area contributed by atoms with Gasteiger partial charge in [-0.2, -0.15) is 4.31 Å². The lowest BCUT2D eigenvalue weighted by Gasteiger charge is -2.33. The molecule has 0 aliphatic carbocycles. The SMILES string of the molecule is Cc1ccccc1-c1csc(N2CCN(S(=O)(=O)c3ccc(Cl)c(Cl)c3)CC2)n1. The van der Waals surface area contributed by atoms with Gasteiger partial charge in [-0.15, -0.1) is 11.3 Å². The molecule has 0 saturated carbocycles. The molecule has 0 amide bonds. The zero-order valence-corrected chi connectivity index (χ0v) is 18.8. The lowest BCUT2D eigenvalue weighted by atomic mass is 10.1. The van der Waals surface area contributed by atoms with Crippen molar-refractivity contribution in [2.24, 2.45) is 0 Å². The first-order valence-electron chi connectivity index (χ1n) is 9.08. The molecule has 0 N–H and O–H groups in total. The number of halogens is 2. The fourth-order valence-corrected chi connectivity index (χ4v) is 5.99. The minimum absolute atomic E-state index is 0.163. The first kappa shape index (κ1) is 20.6. The molecule has 1 aliphatic heterocycles. The van der Waals surface area contributed by atoms with Crippen LogP contribution in [0.15, 0.2) is 52.7 Å². The number of thiazole rings is 1. The van der Waals surface area contributed by atoms with Crippen molar-refractivity contribution in [1.82, 2.24) is 9.29 Å². The van der Waals surface area contributed by atoms with Crippen LogP contribution in [0.1, 0.15) is 5.56 Å². The molecule has 3 aromatic rings. The maximum atomic E-state index is 12.9. The molecule has 0 bridgehead atoms. The van der Waals surface area contributed by atoms with Crippen molar-refractivity contribution < 1.29 is 8.42 Å². The molecule has 2 aromatic carbocycles. The largest absolute Gasteiger partial charge is 0.345 e. The lowest BCUT2D eigenvalue weighted by Crippen LogP contribution is -2.48. The predicted octanol–water partition coefficient (Wildman–Crippen LogP) is 4.94. The van der Waals surface area contributed by atoms with Crippen LogP contribution in [-0.2, 0) is 10.0 Å². The number of anilines is 1. The van der Waals surface area contributed by atoms with Gasteiger partial charge in [-0.25, -0.2) is 13.4 Å². The summed E-state index contributed by atoms with van der Waals surface area (Å²) in [7, 11) is -3.60. The van der Waals surface area contributed by atoms with Crippen molar-refractivity contribution in [3.05, 3.63) is 63.5 Å². The summed E-state index contributed by atoms with van der Waals surface area (Å²) in [4.78, 5) is 7.07. The standard InChI is InChI=1S/C20H19Cl2N3O2S2/c1-14-4-2-3-5-16(14)19-13-28-20(23-19)24-8-10-25(11-9-24)29(26,27)15-6-7-17(21)18(22)12-15/h2-7,12-13H,8-11H2,1H3. The molecule has 29 heavy (non-hydrogen) atoms. The molecule has 4 rings (SSSR count). The smallest absolute Gasteiger partial charge is 0.243 e. The van der Waals surface area contributed by atoms with Gasteiger partial charge in [0.15, 0.2) is 5.13 Å². The van der Waals surface area contributed by atoms with Crippen LogP contribution in [0.4, 0.5) is 5.13 Å². The summed E-state index contributed by atoms with van der Waals surface area (Å²) in [5.74, 6) is 0. The van der Waals surface area contributed by atoms with Gasteiger partial charge in [0.1, 0.15) is 0 Å². The van der Waals surface area contributed by atoms with Gasteiger partial charge in [0, 0.05) is 37.1 Å². The van der Waals surface area contributed by atoms with Crippen molar-refractivity contribution in [3.63, 3.8) is 0 Å². The highest BCUT2D eigenvalue weighted by Gasteiger charge is 2.29. The number of benzene rings is 2. The second-order valence-electron chi connectivity index (χ2n) is 6.80. The van der Waals surface area contributed by atoms with Gasteiger partial charge >= 0.3 is 0 Å². The zero-order chi connectivity index (χ0) is 20.6. The summed E-state index contributed by atoms with van der Waals surface area (Å²) in [6, 6.07) is 12.6. The van der Waals surface area contributed by atoms with Crippen LogP contribution >= 0.6 is 34.5 Å². The maximum Gasteiger partial charge on any atom is 0.243 e. The Labute approximate surface area is 184 Å². The summed E-state index contributed by atoms with van der Waals surface area (Å²) in [6.07, 6.45) is 0. The predicted molar refractivity (Wildman–Crippen MR) is 120 cm³/mol. The van der Waals surface area contributed by atoms with Crippen LogP contribution in [0.5, 0.6) is 0 Å². The van der Waals surface area contributed by atoms with Gasteiger partial charge < -0.3 is 4.90 Å². The number of aromatic nitrogens is 1. The highest BCUT2D eigenvalue weighted by molar-refractivity contribution is 7.89. The van der Waals surface area contributed by atoms with E-state index in [1.807, 2.05) is 12.1 Å². The topological polar surface area (TPSA) is 53.5 Å². The van der Waals surface area contributed by atoms with Gasteiger partial charge in [-0.1, -0.05) is 47.5 Å². The van der Waals surface area contributed by atoms with Crippen LogP contribution in [0.3, 0.4) is 0 Å². The molecule has 9 heteroatoms. The van der Waals surface area contributed by atoms with Crippen molar-refractivity contribution in [1.29, 1.82) is 0 Å². The van der Waals surface area contributed by atoms with Gasteiger partial charge in [-0.3, -0.25) is 0 Å². The molecule has 0 atom stereocenters. The van der Waals surface area contributed by atoms with E-state index in [9.17, 15) is 8.42 Å². The molecule has 0 radical (unpaired) electrons. The summed E-state index contributed by atoms with van der Waals surface area (Å²) in [5.41, 5.74) is 3.26. The highest BCUT2D eigenvalue weighted by atomic mass is 35.5. The third-order valence-corrected chi connectivity index (χ3v) is 8.49. The Morgan fingerprint density at radius 3 is 2.41 bits per heavy atom. The highest BCUT2D eigenvalue weighted by Crippen LogP contribution is 2.31. The average molecular weight is 468 g/mol. The monoisotopic (exact) mass is 467 g/mol. The fourth-order valence-electron chi connectivity index (χ4n) is 3.30. The minimum Gasteiger partial charge on any atom is -0.345 e. The third-order valence-electron chi connectivity index (χ3n) is 4.95. The van der Waals surface area contributed by atoms with E-state index in [0.717, 1.165) is 16.4 Å². The molecule has 0 unspecified atom stereocenters. The van der Waals surface area contributed by atoms with E-state index < -0.39 is 10.0 Å². The van der Waals surface area contributed by atoms with Crippen molar-refractivity contribution in [3.8, 4) is 11.3 Å². The van der Waals surface area contributed by atoms with Crippen molar-refractivity contribution in [2.45, 2.75) is 11.8 Å². The quantitative estimate of drug-likeness (QED) is 0.545. The Morgan fingerprint density at radius 1 is 1.00 bits per heavy atom. The molecule has 152 valence electrons. The van der Waals surface area contributed by atoms with Crippen LogP contribution in [0.25, 0.3) is 11.3 Å². The Bertz CT molecular complexity index is 1140. The molecule has 1 fully saturated rings. The van der Waals surface area contributed by atoms with E-state index in [1.54, 1.807) is 11.3 Å². The number of nitrogens with zero attached hydrogens (tertiary/aromatic N) is 3. The second-order valence-corrected chi connectivity index (χ2v) is 10.4. The first-order chi connectivity index (χ1) is 13.9. The third kappa shape index (κ3) is 4.15. The lowest BCUT2D eigenvalue weighted by molar-refractivity contribution is 0.385. The van der Waals surface area contributed by atoms with E-state index in [1.165, 1.54) is 28.1 Å².